The molecule has 0 aliphatic rings. The molecule has 0 spiro atoms. The molecule has 0 unspecified atom stereocenters. The molecule has 0 fully saturated rings. The highest BCUT2D eigenvalue weighted by Crippen LogP contribution is 2.28. The fourth-order valence-corrected chi connectivity index (χ4v) is 5.14. The number of carbonyl (C=O) groups is 1. The van der Waals surface area contributed by atoms with Crippen molar-refractivity contribution in [2.24, 2.45) is 0 Å². The first-order chi connectivity index (χ1) is 20.4. The number of amides is 1. The number of methoxy groups -OCH3 is 1. The summed E-state index contributed by atoms with van der Waals surface area (Å²) < 4.78 is 34.2. The Morgan fingerprint density at radius 1 is 1.07 bits per heavy atom. The van der Waals surface area contributed by atoms with E-state index in [9.17, 15) is 18.0 Å². The van der Waals surface area contributed by atoms with Gasteiger partial charge >= 0.3 is 0 Å². The van der Waals surface area contributed by atoms with Crippen molar-refractivity contribution in [1.82, 2.24) is 24.1 Å². The molecule has 0 aliphatic carbocycles. The number of nitrogens with two attached hydrogens (primary N) is 1. The van der Waals surface area contributed by atoms with E-state index in [2.05, 4.69) is 25.3 Å². The molecule has 5 rings (SSSR count). The molecule has 0 aliphatic heterocycles. The summed E-state index contributed by atoms with van der Waals surface area (Å²) >= 11 is 0. The van der Waals surface area contributed by atoms with Crippen molar-refractivity contribution >= 4 is 44.5 Å². The minimum atomic E-state index is -3.59. The third kappa shape index (κ3) is 6.11. The molecule has 222 valence electrons. The molecule has 43 heavy (non-hydrogen) atoms. The standard InChI is InChI=1S/C28H29N9O5S/c1-16-10-11-36-23(16)28(39)37(20-8-6-5-7-9-20)26(34-36)17(2)32-25-22(24(29)30-15-31-25)27(38)33-18-12-19(35-43(4,40)41)14-21(13-18)42-3/h5-15,17,35H,1-4H3,(H,33,38)(H3,29,30,31,32)/t17-/m0/s1. The van der Waals surface area contributed by atoms with E-state index in [1.54, 1.807) is 25.3 Å². The maximum absolute atomic E-state index is 13.7. The smallest absolute Gasteiger partial charge is 0.282 e. The van der Waals surface area contributed by atoms with Gasteiger partial charge in [-0.25, -0.2) is 22.9 Å². The molecule has 1 atom stereocenters. The fraction of sp³-hybridized carbons (Fsp3) is 0.179. The summed E-state index contributed by atoms with van der Waals surface area (Å²) in [5.74, 6) is -0.0332. The van der Waals surface area contributed by atoms with E-state index in [4.69, 9.17) is 15.6 Å². The minimum Gasteiger partial charge on any atom is -0.497 e. The number of fused-ring (bicyclic) bond motifs is 1. The van der Waals surface area contributed by atoms with Crippen LogP contribution in [0.3, 0.4) is 0 Å². The summed E-state index contributed by atoms with van der Waals surface area (Å²) in [5.41, 5.74) is 8.06. The summed E-state index contributed by atoms with van der Waals surface area (Å²) in [6, 6.07) is 14.7. The number of nitrogens with zero attached hydrogens (tertiary/aromatic N) is 5. The number of nitrogens with one attached hydrogen (secondary N) is 3. The predicted molar refractivity (Wildman–Crippen MR) is 163 cm³/mol. The van der Waals surface area contributed by atoms with Crippen LogP contribution in [-0.2, 0) is 10.0 Å². The number of hydrogen-bond acceptors (Lipinski definition) is 10. The lowest BCUT2D eigenvalue weighted by atomic mass is 10.2. The third-order valence-corrected chi connectivity index (χ3v) is 7.08. The zero-order valence-corrected chi connectivity index (χ0v) is 24.5. The van der Waals surface area contributed by atoms with Gasteiger partial charge in [-0.2, -0.15) is 5.10 Å². The molecule has 3 heterocycles. The number of aryl methyl sites for hydroxylation is 1. The summed E-state index contributed by atoms with van der Waals surface area (Å²) in [7, 11) is -2.18. The number of carbonyl (C=O) groups excluding carboxylic acids is 1. The van der Waals surface area contributed by atoms with Gasteiger partial charge in [-0.1, -0.05) is 18.2 Å². The van der Waals surface area contributed by atoms with E-state index < -0.39 is 22.0 Å². The molecule has 0 radical (unpaired) electrons. The van der Waals surface area contributed by atoms with Crippen LogP contribution < -0.4 is 31.4 Å². The summed E-state index contributed by atoms with van der Waals surface area (Å²) in [6.07, 6.45) is 3.92. The van der Waals surface area contributed by atoms with Crippen LogP contribution >= 0.6 is 0 Å². The average Bonchev–Trinajstić information content (AvgIpc) is 3.33. The second-order valence-corrected chi connectivity index (χ2v) is 11.5. The number of benzene rings is 2. The molecule has 5 aromatic rings. The number of rotatable bonds is 9. The summed E-state index contributed by atoms with van der Waals surface area (Å²) in [4.78, 5) is 35.5. The fourth-order valence-electron chi connectivity index (χ4n) is 4.60. The first-order valence-electron chi connectivity index (χ1n) is 13.0. The largest absolute Gasteiger partial charge is 0.497 e. The lowest BCUT2D eigenvalue weighted by Gasteiger charge is -2.21. The maximum Gasteiger partial charge on any atom is 0.282 e. The topological polar surface area (TPSA) is 188 Å². The second kappa shape index (κ2) is 11.4. The highest BCUT2D eigenvalue weighted by atomic mass is 32.2. The van der Waals surface area contributed by atoms with Crippen molar-refractivity contribution in [3.63, 3.8) is 0 Å². The van der Waals surface area contributed by atoms with E-state index in [1.165, 1.54) is 40.7 Å². The molecule has 2 aromatic carbocycles. The van der Waals surface area contributed by atoms with Gasteiger partial charge in [0.15, 0.2) is 5.82 Å². The number of anilines is 4. The van der Waals surface area contributed by atoms with Crippen LogP contribution in [0.15, 0.2) is 71.9 Å². The van der Waals surface area contributed by atoms with Gasteiger partial charge in [-0.05, 0) is 43.7 Å². The predicted octanol–water partition coefficient (Wildman–Crippen LogP) is 2.97. The van der Waals surface area contributed by atoms with Crippen LogP contribution in [0, 0.1) is 6.92 Å². The Hall–Kier alpha value is -5.44. The Morgan fingerprint density at radius 2 is 1.79 bits per heavy atom. The molecular weight excluding hydrogens is 574 g/mol. The lowest BCUT2D eigenvalue weighted by molar-refractivity contribution is 0.102. The zero-order valence-electron chi connectivity index (χ0n) is 23.7. The highest BCUT2D eigenvalue weighted by Gasteiger charge is 2.24. The second-order valence-electron chi connectivity index (χ2n) is 9.75. The lowest BCUT2D eigenvalue weighted by Crippen LogP contribution is -2.30. The van der Waals surface area contributed by atoms with Gasteiger partial charge < -0.3 is 21.1 Å². The minimum absolute atomic E-state index is 0.0683. The molecule has 1 amide bonds. The first kappa shape index (κ1) is 29.1. The quantitative estimate of drug-likeness (QED) is 0.195. The van der Waals surface area contributed by atoms with Gasteiger partial charge in [-0.3, -0.25) is 18.9 Å². The van der Waals surface area contributed by atoms with Crippen LogP contribution in [0.1, 0.15) is 34.7 Å². The molecule has 15 heteroatoms. The molecule has 0 saturated heterocycles. The molecule has 0 bridgehead atoms. The van der Waals surface area contributed by atoms with Crippen molar-refractivity contribution in [3.8, 4) is 11.4 Å². The number of hydrogen-bond donors (Lipinski definition) is 4. The van der Waals surface area contributed by atoms with Crippen LogP contribution in [0.25, 0.3) is 11.2 Å². The van der Waals surface area contributed by atoms with Gasteiger partial charge in [-0.15, -0.1) is 0 Å². The number of sulfonamides is 1. The number of aromatic nitrogens is 5. The van der Waals surface area contributed by atoms with E-state index in [1.807, 2.05) is 31.2 Å². The Morgan fingerprint density at radius 3 is 2.49 bits per heavy atom. The van der Waals surface area contributed by atoms with Gasteiger partial charge in [0.1, 0.15) is 34.8 Å². The van der Waals surface area contributed by atoms with Crippen molar-refractivity contribution in [2.45, 2.75) is 19.9 Å². The molecule has 14 nitrogen and oxygen atoms in total. The van der Waals surface area contributed by atoms with E-state index in [-0.39, 0.29) is 34.1 Å². The molecule has 0 saturated carbocycles. The molecule has 5 N–H and O–H groups in total. The Bertz CT molecular complexity index is 2010. The van der Waals surface area contributed by atoms with Crippen LogP contribution in [0.2, 0.25) is 0 Å². The number of ether oxygens (including phenoxy) is 1. The van der Waals surface area contributed by atoms with E-state index in [0.29, 0.717) is 22.8 Å². The monoisotopic (exact) mass is 603 g/mol. The van der Waals surface area contributed by atoms with Crippen molar-refractivity contribution in [3.05, 3.63) is 94.4 Å². The Kier molecular flexibility index (Phi) is 7.74. The first-order valence-corrected chi connectivity index (χ1v) is 14.9. The summed E-state index contributed by atoms with van der Waals surface area (Å²) in [6.45, 7) is 3.61. The van der Waals surface area contributed by atoms with Crippen LogP contribution in [0.4, 0.5) is 23.0 Å². The Labute approximate surface area is 246 Å². The van der Waals surface area contributed by atoms with E-state index >= 15 is 0 Å². The highest BCUT2D eigenvalue weighted by molar-refractivity contribution is 7.92. The Balaban J connectivity index is 1.52. The zero-order chi connectivity index (χ0) is 30.9. The SMILES string of the molecule is COc1cc(NC(=O)c2c(N)ncnc2N[C@@H](C)c2nn3ccc(C)c3c(=O)n2-c2ccccc2)cc(NS(C)(=O)=O)c1. The van der Waals surface area contributed by atoms with Gasteiger partial charge in [0, 0.05) is 24.0 Å². The molecule has 3 aromatic heterocycles. The van der Waals surface area contributed by atoms with Crippen LogP contribution in [-0.4, -0.2) is 51.8 Å². The third-order valence-electron chi connectivity index (χ3n) is 6.48. The number of nitrogen functional groups attached to an aromatic ring is 1. The van der Waals surface area contributed by atoms with Gasteiger partial charge in [0.05, 0.1) is 30.8 Å². The van der Waals surface area contributed by atoms with E-state index in [0.717, 1.165) is 11.8 Å². The van der Waals surface area contributed by atoms with Crippen molar-refractivity contribution in [2.75, 3.05) is 34.5 Å². The molecular formula is C28H29N9O5S. The van der Waals surface area contributed by atoms with Crippen molar-refractivity contribution < 1.29 is 17.9 Å². The normalized spacial score (nSPS) is 12.1. The average molecular weight is 604 g/mol. The van der Waals surface area contributed by atoms with Crippen LogP contribution in [0.5, 0.6) is 5.75 Å². The summed E-state index contributed by atoms with van der Waals surface area (Å²) in [5, 5.41) is 10.6. The van der Waals surface area contributed by atoms with Gasteiger partial charge in [0.25, 0.3) is 11.5 Å². The van der Waals surface area contributed by atoms with Crippen molar-refractivity contribution in [1.29, 1.82) is 0 Å². The maximum atomic E-state index is 13.7. The number of para-hydroxylation sites is 1. The van der Waals surface area contributed by atoms with Gasteiger partial charge in [0.2, 0.25) is 10.0 Å².